The monoisotopic (exact) mass is 390 g/mol. The van der Waals surface area contributed by atoms with Crippen LogP contribution in [-0.2, 0) is 6.42 Å². The molecule has 0 amide bonds. The van der Waals surface area contributed by atoms with Gasteiger partial charge in [0.2, 0.25) is 6.29 Å². The highest BCUT2D eigenvalue weighted by Crippen LogP contribution is 2.38. The number of nitrogens with one attached hydrogen (secondary N) is 1. The molecule has 4 nitrogen and oxygen atoms in total. The molecule has 1 unspecified atom stereocenters. The van der Waals surface area contributed by atoms with Crippen LogP contribution in [0.15, 0.2) is 54.7 Å². The number of nitrogens with zero attached hydrogens (tertiary/aromatic N) is 1. The number of unbranched alkanes of at least 4 members (excludes halogenated alkanes) is 1. The SMILES string of the molecule is c1ccc(C[C@H]2CCCN(CCCCC3Oc4cc5cc[nH]c5cc4O3)C2)cc1. The van der Waals surface area contributed by atoms with Crippen molar-refractivity contribution in [3.05, 3.63) is 60.3 Å². The zero-order valence-electron chi connectivity index (χ0n) is 17.0. The summed E-state index contributed by atoms with van der Waals surface area (Å²) >= 11 is 0. The second-order valence-corrected chi connectivity index (χ2v) is 8.52. The lowest BCUT2D eigenvalue weighted by atomic mass is 9.91. The number of aromatic nitrogens is 1. The predicted molar refractivity (Wildman–Crippen MR) is 117 cm³/mol. The van der Waals surface area contributed by atoms with E-state index in [1.54, 1.807) is 0 Å². The minimum absolute atomic E-state index is 0.135. The number of ether oxygens (including phenoxy) is 2. The van der Waals surface area contributed by atoms with E-state index < -0.39 is 0 Å². The summed E-state index contributed by atoms with van der Waals surface area (Å²) < 4.78 is 12.0. The molecule has 0 spiro atoms. The highest BCUT2D eigenvalue weighted by Gasteiger charge is 2.25. The number of hydrogen-bond acceptors (Lipinski definition) is 3. The van der Waals surface area contributed by atoms with Crippen molar-refractivity contribution >= 4 is 10.9 Å². The fraction of sp³-hybridized carbons (Fsp3) is 0.440. The molecule has 1 fully saturated rings. The largest absolute Gasteiger partial charge is 0.451 e. The van der Waals surface area contributed by atoms with E-state index in [9.17, 15) is 0 Å². The standard InChI is InChI=1S/C25H30N2O2/c1-2-7-19(8-3-1)15-20-9-6-14-27(18-20)13-5-4-10-25-28-23-16-21-11-12-26-22(21)17-24(23)29-25/h1-3,7-8,11-12,16-17,20,25-26H,4-6,9-10,13-15,18H2/t20-,25?/m1/s1. The van der Waals surface area contributed by atoms with Gasteiger partial charge in [0, 0.05) is 36.1 Å². The van der Waals surface area contributed by atoms with Crippen molar-refractivity contribution in [2.45, 2.75) is 44.8 Å². The Morgan fingerprint density at radius 2 is 1.86 bits per heavy atom. The maximum atomic E-state index is 6.01. The molecule has 0 radical (unpaired) electrons. The Balaban J connectivity index is 1.04. The van der Waals surface area contributed by atoms with Gasteiger partial charge in [-0.1, -0.05) is 30.3 Å². The van der Waals surface area contributed by atoms with E-state index >= 15 is 0 Å². The second kappa shape index (κ2) is 8.50. The number of rotatable bonds is 7. The summed E-state index contributed by atoms with van der Waals surface area (Å²) in [5.74, 6) is 2.54. The normalized spacial score (nSPS) is 21.7. The fourth-order valence-electron chi connectivity index (χ4n) is 4.78. The van der Waals surface area contributed by atoms with Crippen LogP contribution in [0.4, 0.5) is 0 Å². The number of likely N-dealkylation sites (tertiary alicyclic amines) is 1. The van der Waals surface area contributed by atoms with Gasteiger partial charge < -0.3 is 19.4 Å². The molecule has 2 atom stereocenters. The van der Waals surface area contributed by atoms with E-state index in [2.05, 4.69) is 52.3 Å². The lowest BCUT2D eigenvalue weighted by Gasteiger charge is -2.33. The molecule has 2 aliphatic rings. The van der Waals surface area contributed by atoms with Crippen LogP contribution in [0.3, 0.4) is 0 Å². The van der Waals surface area contributed by atoms with Gasteiger partial charge in [0.15, 0.2) is 11.5 Å². The summed E-state index contributed by atoms with van der Waals surface area (Å²) in [5, 5.41) is 1.17. The third-order valence-corrected chi connectivity index (χ3v) is 6.27. The molecule has 2 aliphatic heterocycles. The summed E-state index contributed by atoms with van der Waals surface area (Å²) in [6, 6.07) is 17.1. The maximum absolute atomic E-state index is 6.01. The van der Waals surface area contributed by atoms with E-state index in [4.69, 9.17) is 9.47 Å². The number of fused-ring (bicyclic) bond motifs is 2. The van der Waals surface area contributed by atoms with Gasteiger partial charge in [-0.05, 0) is 68.8 Å². The fourth-order valence-corrected chi connectivity index (χ4v) is 4.78. The molecule has 0 aliphatic carbocycles. The average molecular weight is 391 g/mol. The number of benzene rings is 2. The summed E-state index contributed by atoms with van der Waals surface area (Å²) in [7, 11) is 0. The van der Waals surface area contributed by atoms with Crippen LogP contribution >= 0.6 is 0 Å². The zero-order chi connectivity index (χ0) is 19.5. The smallest absolute Gasteiger partial charge is 0.241 e. The molecule has 4 heteroatoms. The molecule has 0 bridgehead atoms. The van der Waals surface area contributed by atoms with Gasteiger partial charge in [-0.25, -0.2) is 0 Å². The Labute approximate surface area is 172 Å². The van der Waals surface area contributed by atoms with Crippen LogP contribution in [0.1, 0.15) is 37.7 Å². The molecule has 1 saturated heterocycles. The third-order valence-electron chi connectivity index (χ3n) is 6.27. The van der Waals surface area contributed by atoms with Crippen molar-refractivity contribution in [3.8, 4) is 11.5 Å². The first kappa shape index (κ1) is 18.6. The first-order valence-electron chi connectivity index (χ1n) is 11.0. The van der Waals surface area contributed by atoms with Crippen molar-refractivity contribution in [2.75, 3.05) is 19.6 Å². The van der Waals surface area contributed by atoms with Gasteiger partial charge in [0.25, 0.3) is 0 Å². The van der Waals surface area contributed by atoms with Crippen molar-refractivity contribution in [1.29, 1.82) is 0 Å². The second-order valence-electron chi connectivity index (χ2n) is 8.52. The lowest BCUT2D eigenvalue weighted by molar-refractivity contribution is 0.0386. The molecule has 3 heterocycles. The molecule has 1 aromatic heterocycles. The van der Waals surface area contributed by atoms with E-state index in [0.717, 1.165) is 35.8 Å². The van der Waals surface area contributed by atoms with Crippen molar-refractivity contribution in [1.82, 2.24) is 9.88 Å². The molecule has 29 heavy (non-hydrogen) atoms. The van der Waals surface area contributed by atoms with Crippen LogP contribution < -0.4 is 9.47 Å². The minimum Gasteiger partial charge on any atom is -0.451 e. The van der Waals surface area contributed by atoms with Crippen LogP contribution in [0.25, 0.3) is 10.9 Å². The minimum atomic E-state index is -0.135. The molecule has 2 aromatic carbocycles. The summed E-state index contributed by atoms with van der Waals surface area (Å²) in [4.78, 5) is 5.89. The molecular formula is C25H30N2O2. The highest BCUT2D eigenvalue weighted by atomic mass is 16.7. The van der Waals surface area contributed by atoms with Gasteiger partial charge in [-0.2, -0.15) is 0 Å². The zero-order valence-corrected chi connectivity index (χ0v) is 17.0. The van der Waals surface area contributed by atoms with Gasteiger partial charge in [-0.3, -0.25) is 0 Å². The molecule has 5 rings (SSSR count). The molecule has 152 valence electrons. The van der Waals surface area contributed by atoms with Gasteiger partial charge >= 0.3 is 0 Å². The molecule has 1 N–H and O–H groups in total. The number of aromatic amines is 1. The summed E-state index contributed by atoms with van der Waals surface area (Å²) in [6.07, 6.45) is 9.01. The molecular weight excluding hydrogens is 360 g/mol. The van der Waals surface area contributed by atoms with E-state index in [0.29, 0.717) is 0 Å². The van der Waals surface area contributed by atoms with Crippen LogP contribution in [-0.4, -0.2) is 35.8 Å². The van der Waals surface area contributed by atoms with Crippen molar-refractivity contribution in [3.63, 3.8) is 0 Å². The van der Waals surface area contributed by atoms with Crippen LogP contribution in [0, 0.1) is 5.92 Å². The molecule has 0 saturated carbocycles. The van der Waals surface area contributed by atoms with E-state index in [1.807, 2.05) is 12.3 Å². The first-order valence-corrected chi connectivity index (χ1v) is 11.0. The quantitative estimate of drug-likeness (QED) is 0.550. The van der Waals surface area contributed by atoms with E-state index in [-0.39, 0.29) is 6.29 Å². The van der Waals surface area contributed by atoms with Crippen LogP contribution in [0.2, 0.25) is 0 Å². The Kier molecular flexibility index (Phi) is 5.44. The Morgan fingerprint density at radius 3 is 2.76 bits per heavy atom. The number of piperidine rings is 1. The topological polar surface area (TPSA) is 37.5 Å². The summed E-state index contributed by atoms with van der Waals surface area (Å²) in [6.45, 7) is 3.68. The molecule has 3 aromatic rings. The predicted octanol–water partition coefficient (Wildman–Crippen LogP) is 5.39. The van der Waals surface area contributed by atoms with Crippen molar-refractivity contribution < 1.29 is 9.47 Å². The highest BCUT2D eigenvalue weighted by molar-refractivity contribution is 5.83. The Hall–Kier alpha value is -2.46. The van der Waals surface area contributed by atoms with Gasteiger partial charge in [-0.15, -0.1) is 0 Å². The van der Waals surface area contributed by atoms with Crippen LogP contribution in [0.5, 0.6) is 11.5 Å². The Bertz CT molecular complexity index is 896. The maximum Gasteiger partial charge on any atom is 0.241 e. The lowest BCUT2D eigenvalue weighted by Crippen LogP contribution is -2.36. The first-order chi connectivity index (χ1) is 14.3. The average Bonchev–Trinajstić information content (AvgIpc) is 3.36. The third kappa shape index (κ3) is 4.43. The number of H-pyrrole nitrogens is 1. The van der Waals surface area contributed by atoms with Crippen molar-refractivity contribution in [2.24, 2.45) is 5.92 Å². The van der Waals surface area contributed by atoms with Gasteiger partial charge in [0.1, 0.15) is 0 Å². The summed E-state index contributed by atoms with van der Waals surface area (Å²) in [5.41, 5.74) is 2.58. The number of hydrogen-bond donors (Lipinski definition) is 1. The van der Waals surface area contributed by atoms with Gasteiger partial charge in [0.05, 0.1) is 0 Å². The van der Waals surface area contributed by atoms with E-state index in [1.165, 1.54) is 56.3 Å². The Morgan fingerprint density at radius 1 is 1.00 bits per heavy atom.